The van der Waals surface area contributed by atoms with Crippen LogP contribution in [0.2, 0.25) is 5.02 Å². The van der Waals surface area contributed by atoms with Crippen LogP contribution in [0.1, 0.15) is 56.0 Å². The molecule has 0 unspecified atom stereocenters. The number of nitrogens with one attached hydrogen (secondary N) is 1. The Labute approximate surface area is 195 Å². The summed E-state index contributed by atoms with van der Waals surface area (Å²) in [6.07, 6.45) is 10.1. The van der Waals surface area contributed by atoms with E-state index in [2.05, 4.69) is 20.2 Å². The van der Waals surface area contributed by atoms with Gasteiger partial charge < -0.3 is 19.9 Å². The van der Waals surface area contributed by atoms with E-state index >= 15 is 0 Å². The Bertz CT molecular complexity index is 1010. The lowest BCUT2D eigenvalue weighted by atomic mass is 9.57. The standard InChI is InChI=1S/C22H27ClN6O2S/c23-15-9-24-18(25-10-15)14-7-21(8-14)11-29(12-21)20-26-16-3-1-6-32(31)17(16)19(27-20)28-22(13-30)4-2-5-22/h9-10,14,30H,1-8,11-13H2,(H,26,27,28)/t32-/m0/s1. The van der Waals surface area contributed by atoms with E-state index in [1.165, 1.54) is 0 Å². The molecular weight excluding hydrogens is 448 g/mol. The van der Waals surface area contributed by atoms with E-state index in [4.69, 9.17) is 21.6 Å². The Morgan fingerprint density at radius 3 is 2.59 bits per heavy atom. The third-order valence-corrected chi connectivity index (χ3v) is 9.33. The van der Waals surface area contributed by atoms with Crippen molar-refractivity contribution < 1.29 is 9.66 Å². The molecule has 6 rings (SSSR count). The second-order valence-electron chi connectivity index (χ2n) is 9.94. The van der Waals surface area contributed by atoms with Gasteiger partial charge in [0.2, 0.25) is 10.8 Å². The lowest BCUT2D eigenvalue weighted by molar-refractivity contribution is 0.0582. The number of hydrogen-bond acceptors (Lipinski definition) is 8. The number of aryl methyl sites for hydroxylation is 1. The number of hydrogen-bond donors (Lipinski definition) is 2. The second-order valence-corrected chi connectivity index (χ2v) is 11.9. The summed E-state index contributed by atoms with van der Waals surface area (Å²) in [6.45, 7) is 1.90. The summed E-state index contributed by atoms with van der Waals surface area (Å²) in [5.74, 6) is 3.30. The van der Waals surface area contributed by atoms with E-state index in [1.807, 2.05) is 0 Å². The number of aliphatic hydroxyl groups is 1. The number of rotatable bonds is 5. The fourth-order valence-electron chi connectivity index (χ4n) is 5.63. The van der Waals surface area contributed by atoms with Gasteiger partial charge in [0.25, 0.3) is 0 Å². The number of fused-ring (bicyclic) bond motifs is 1. The predicted octanol–water partition coefficient (Wildman–Crippen LogP) is 2.68. The number of halogens is 1. The molecule has 2 aromatic heterocycles. The smallest absolute Gasteiger partial charge is 0.227 e. The monoisotopic (exact) mass is 474 g/mol. The average Bonchev–Trinajstić information content (AvgIpc) is 2.70. The molecule has 1 spiro atoms. The van der Waals surface area contributed by atoms with Crippen molar-refractivity contribution in [2.75, 3.05) is 35.7 Å². The van der Waals surface area contributed by atoms with Crippen LogP contribution < -0.4 is 10.2 Å². The molecular formula is C22H27ClN6O2S. The summed E-state index contributed by atoms with van der Waals surface area (Å²) in [5, 5.41) is 14.0. The van der Waals surface area contributed by atoms with Crippen LogP contribution in [0.5, 0.6) is 0 Å². The van der Waals surface area contributed by atoms with Gasteiger partial charge in [-0.05, 0) is 56.1 Å². The Morgan fingerprint density at radius 1 is 1.19 bits per heavy atom. The molecule has 2 N–H and O–H groups in total. The zero-order valence-corrected chi connectivity index (χ0v) is 19.5. The summed E-state index contributed by atoms with van der Waals surface area (Å²) >= 11 is 4.82. The van der Waals surface area contributed by atoms with E-state index in [1.54, 1.807) is 12.4 Å². The molecule has 0 radical (unpaired) electrons. The van der Waals surface area contributed by atoms with Crippen LogP contribution in [0.15, 0.2) is 17.3 Å². The van der Waals surface area contributed by atoms with Gasteiger partial charge in [0.05, 0.1) is 17.2 Å². The molecule has 10 heteroatoms. The molecule has 1 atom stereocenters. The highest BCUT2D eigenvalue weighted by atomic mass is 35.5. The number of aliphatic hydroxyl groups excluding tert-OH is 1. The van der Waals surface area contributed by atoms with Gasteiger partial charge in [-0.2, -0.15) is 4.98 Å². The average molecular weight is 475 g/mol. The van der Waals surface area contributed by atoms with Crippen LogP contribution in [-0.2, 0) is 17.6 Å². The highest BCUT2D eigenvalue weighted by molar-refractivity contribution is 7.91. The SMILES string of the molecule is [O-][S@@+]1CCCc2nc(N3CC4(CC(c5ncc(Cl)cn5)C4)C3)nc(NC3(CO)CCC3)c21. The molecule has 4 aliphatic rings. The molecule has 1 saturated heterocycles. The van der Waals surface area contributed by atoms with Crippen molar-refractivity contribution in [1.29, 1.82) is 0 Å². The van der Waals surface area contributed by atoms with Crippen LogP contribution in [0, 0.1) is 5.41 Å². The predicted molar refractivity (Wildman–Crippen MR) is 123 cm³/mol. The number of nitrogens with zero attached hydrogens (tertiary/aromatic N) is 5. The Morgan fingerprint density at radius 2 is 1.94 bits per heavy atom. The second kappa shape index (κ2) is 7.68. The van der Waals surface area contributed by atoms with Crippen LogP contribution in [0.3, 0.4) is 0 Å². The van der Waals surface area contributed by atoms with Crippen molar-refractivity contribution in [3.8, 4) is 0 Å². The first kappa shape index (κ1) is 20.9. The molecule has 2 aromatic rings. The lowest BCUT2D eigenvalue weighted by Crippen LogP contribution is -2.62. The quantitative estimate of drug-likeness (QED) is 0.636. The fraction of sp³-hybridized carbons (Fsp3) is 0.636. The van der Waals surface area contributed by atoms with Crippen molar-refractivity contribution in [3.05, 3.63) is 28.9 Å². The van der Waals surface area contributed by atoms with Crippen molar-refractivity contribution in [2.45, 2.75) is 61.3 Å². The van der Waals surface area contributed by atoms with Crippen molar-refractivity contribution in [2.24, 2.45) is 5.41 Å². The van der Waals surface area contributed by atoms with Crippen LogP contribution >= 0.6 is 11.6 Å². The van der Waals surface area contributed by atoms with Gasteiger partial charge >= 0.3 is 0 Å². The van der Waals surface area contributed by atoms with Crippen LogP contribution in [0.25, 0.3) is 0 Å². The molecule has 8 nitrogen and oxygen atoms in total. The van der Waals surface area contributed by atoms with Gasteiger partial charge in [-0.1, -0.05) is 11.6 Å². The normalized spacial score (nSPS) is 25.5. The molecule has 2 saturated carbocycles. The van der Waals surface area contributed by atoms with Gasteiger partial charge in [-0.3, -0.25) is 0 Å². The molecule has 32 heavy (non-hydrogen) atoms. The number of anilines is 2. The first-order valence-corrected chi connectivity index (χ1v) is 13.1. The summed E-state index contributed by atoms with van der Waals surface area (Å²) in [4.78, 5) is 21.4. The van der Waals surface area contributed by atoms with E-state index in [0.717, 1.165) is 80.4 Å². The Balaban J connectivity index is 1.20. The molecule has 2 aliphatic heterocycles. The Kier molecular flexibility index (Phi) is 5.02. The molecule has 3 fully saturated rings. The highest BCUT2D eigenvalue weighted by Gasteiger charge is 2.54. The summed E-state index contributed by atoms with van der Waals surface area (Å²) in [5.41, 5.74) is 0.845. The van der Waals surface area contributed by atoms with Crippen molar-refractivity contribution in [3.63, 3.8) is 0 Å². The summed E-state index contributed by atoms with van der Waals surface area (Å²) in [6, 6.07) is 0. The molecule has 0 bridgehead atoms. The highest BCUT2D eigenvalue weighted by Crippen LogP contribution is 2.56. The van der Waals surface area contributed by atoms with E-state index in [9.17, 15) is 9.66 Å². The third kappa shape index (κ3) is 3.45. The summed E-state index contributed by atoms with van der Waals surface area (Å²) < 4.78 is 12.8. The van der Waals surface area contributed by atoms with E-state index in [-0.39, 0.29) is 17.6 Å². The van der Waals surface area contributed by atoms with E-state index < -0.39 is 11.2 Å². The van der Waals surface area contributed by atoms with Gasteiger partial charge in [0.15, 0.2) is 5.82 Å². The van der Waals surface area contributed by atoms with Crippen LogP contribution in [-0.4, -0.2) is 60.6 Å². The maximum absolute atomic E-state index is 12.8. The first-order chi connectivity index (χ1) is 15.5. The summed E-state index contributed by atoms with van der Waals surface area (Å²) in [7, 11) is 0. The van der Waals surface area contributed by atoms with E-state index in [0.29, 0.717) is 22.5 Å². The molecule has 0 aromatic carbocycles. The van der Waals surface area contributed by atoms with Gasteiger partial charge in [0.1, 0.15) is 17.3 Å². The van der Waals surface area contributed by atoms with Gasteiger partial charge in [0, 0.05) is 36.8 Å². The number of aromatic nitrogens is 4. The minimum atomic E-state index is -1.09. The fourth-order valence-corrected chi connectivity index (χ4v) is 7.06. The Hall–Kier alpha value is -1.68. The first-order valence-electron chi connectivity index (χ1n) is 11.4. The zero-order chi connectivity index (χ0) is 21.9. The van der Waals surface area contributed by atoms with Gasteiger partial charge in [-0.25, -0.2) is 15.0 Å². The molecule has 0 amide bonds. The maximum Gasteiger partial charge on any atom is 0.227 e. The van der Waals surface area contributed by atoms with Crippen molar-refractivity contribution >= 4 is 34.5 Å². The maximum atomic E-state index is 12.8. The minimum Gasteiger partial charge on any atom is -0.611 e. The molecule has 2 aliphatic carbocycles. The zero-order valence-electron chi connectivity index (χ0n) is 17.9. The minimum absolute atomic E-state index is 0.0642. The molecule has 170 valence electrons. The largest absolute Gasteiger partial charge is 0.611 e. The van der Waals surface area contributed by atoms with Crippen LogP contribution in [0.4, 0.5) is 11.8 Å². The lowest BCUT2D eigenvalue weighted by Gasteiger charge is -2.58. The third-order valence-electron chi connectivity index (χ3n) is 7.59. The van der Waals surface area contributed by atoms with Crippen molar-refractivity contribution in [1.82, 2.24) is 19.9 Å². The molecule has 4 heterocycles. The topological polar surface area (TPSA) is 110 Å². The van der Waals surface area contributed by atoms with Gasteiger partial charge in [-0.15, -0.1) is 0 Å².